The molecule has 20 heavy (non-hydrogen) atoms. The lowest BCUT2D eigenvalue weighted by Gasteiger charge is -2.47. The maximum absolute atomic E-state index is 6.31. The van der Waals surface area contributed by atoms with Gasteiger partial charge in [0.15, 0.2) is 0 Å². The van der Waals surface area contributed by atoms with Crippen LogP contribution in [0.4, 0.5) is 0 Å². The summed E-state index contributed by atoms with van der Waals surface area (Å²) in [6.45, 7) is 7.70. The molecule has 1 fully saturated rings. The Bertz CT molecular complexity index is 389. The number of thiophene rings is 1. The highest BCUT2D eigenvalue weighted by molar-refractivity contribution is 7.09. The Morgan fingerprint density at radius 2 is 2.00 bits per heavy atom. The SMILES string of the molecule is CCOC1(C(Cc2cccs2)NC)CCC(C)(C)CC1. The van der Waals surface area contributed by atoms with Crippen LogP contribution in [-0.4, -0.2) is 25.3 Å². The summed E-state index contributed by atoms with van der Waals surface area (Å²) < 4.78 is 6.31. The molecule has 1 N–H and O–H groups in total. The minimum atomic E-state index is 0.0169. The van der Waals surface area contributed by atoms with Crippen LogP contribution in [0.1, 0.15) is 51.3 Å². The van der Waals surface area contributed by atoms with Crippen LogP contribution in [0, 0.1) is 5.41 Å². The molecule has 1 saturated carbocycles. The van der Waals surface area contributed by atoms with Crippen LogP contribution in [0.25, 0.3) is 0 Å². The van der Waals surface area contributed by atoms with Gasteiger partial charge in [-0.2, -0.15) is 0 Å². The van der Waals surface area contributed by atoms with Gasteiger partial charge in [-0.15, -0.1) is 11.3 Å². The fourth-order valence-corrected chi connectivity index (χ4v) is 4.16. The quantitative estimate of drug-likeness (QED) is 0.847. The summed E-state index contributed by atoms with van der Waals surface area (Å²) in [5.74, 6) is 0. The van der Waals surface area contributed by atoms with Crippen molar-refractivity contribution in [1.29, 1.82) is 0 Å². The Balaban J connectivity index is 2.13. The molecule has 2 nitrogen and oxygen atoms in total. The van der Waals surface area contributed by atoms with Crippen LogP contribution in [0.2, 0.25) is 0 Å². The monoisotopic (exact) mass is 295 g/mol. The molecule has 2 rings (SSSR count). The average Bonchev–Trinajstić information content (AvgIpc) is 2.92. The van der Waals surface area contributed by atoms with Crippen LogP contribution in [0.15, 0.2) is 17.5 Å². The molecular weight excluding hydrogens is 266 g/mol. The second kappa shape index (κ2) is 6.59. The van der Waals surface area contributed by atoms with Crippen molar-refractivity contribution in [2.24, 2.45) is 5.41 Å². The second-order valence-electron chi connectivity index (χ2n) is 6.79. The number of hydrogen-bond acceptors (Lipinski definition) is 3. The molecule has 1 aromatic rings. The van der Waals surface area contributed by atoms with Gasteiger partial charge in [0.2, 0.25) is 0 Å². The Hall–Kier alpha value is -0.380. The number of nitrogens with one attached hydrogen (secondary N) is 1. The molecule has 114 valence electrons. The largest absolute Gasteiger partial charge is 0.374 e. The zero-order valence-electron chi connectivity index (χ0n) is 13.4. The van der Waals surface area contributed by atoms with E-state index in [9.17, 15) is 0 Å². The van der Waals surface area contributed by atoms with E-state index in [0.29, 0.717) is 11.5 Å². The van der Waals surface area contributed by atoms with Crippen LogP contribution in [0.5, 0.6) is 0 Å². The zero-order chi connectivity index (χ0) is 14.6. The van der Waals surface area contributed by atoms with Gasteiger partial charge in [-0.3, -0.25) is 0 Å². The van der Waals surface area contributed by atoms with Crippen molar-refractivity contribution in [2.45, 2.75) is 64.5 Å². The molecule has 1 heterocycles. The first-order valence-corrected chi connectivity index (χ1v) is 8.73. The average molecular weight is 295 g/mol. The summed E-state index contributed by atoms with van der Waals surface area (Å²) in [5.41, 5.74) is 0.491. The van der Waals surface area contributed by atoms with Crippen molar-refractivity contribution in [1.82, 2.24) is 5.32 Å². The van der Waals surface area contributed by atoms with Crippen LogP contribution >= 0.6 is 11.3 Å². The van der Waals surface area contributed by atoms with Crippen molar-refractivity contribution in [3.05, 3.63) is 22.4 Å². The Morgan fingerprint density at radius 1 is 1.30 bits per heavy atom. The molecule has 0 radical (unpaired) electrons. The van der Waals surface area contributed by atoms with Crippen LogP contribution in [0.3, 0.4) is 0 Å². The number of likely N-dealkylation sites (N-methyl/N-ethyl adjacent to an activating group) is 1. The fourth-order valence-electron chi connectivity index (χ4n) is 3.41. The summed E-state index contributed by atoms with van der Waals surface area (Å²) in [6.07, 6.45) is 5.94. The molecule has 0 amide bonds. The van der Waals surface area contributed by atoms with Gasteiger partial charge < -0.3 is 10.1 Å². The first-order valence-electron chi connectivity index (χ1n) is 7.85. The normalized spacial score (nSPS) is 22.6. The van der Waals surface area contributed by atoms with Gasteiger partial charge in [-0.25, -0.2) is 0 Å². The van der Waals surface area contributed by atoms with Gasteiger partial charge in [0, 0.05) is 17.5 Å². The third-order valence-corrected chi connectivity index (χ3v) is 5.75. The summed E-state index contributed by atoms with van der Waals surface area (Å²) in [6, 6.07) is 4.79. The third-order valence-electron chi connectivity index (χ3n) is 4.85. The Kier molecular flexibility index (Phi) is 5.27. The fraction of sp³-hybridized carbons (Fsp3) is 0.765. The van der Waals surface area contributed by atoms with Crippen LogP contribution in [-0.2, 0) is 11.2 Å². The van der Waals surface area contributed by atoms with Gasteiger partial charge in [-0.1, -0.05) is 19.9 Å². The zero-order valence-corrected chi connectivity index (χ0v) is 14.2. The maximum atomic E-state index is 6.31. The topological polar surface area (TPSA) is 21.3 Å². The van der Waals surface area contributed by atoms with Gasteiger partial charge in [0.25, 0.3) is 0 Å². The smallest absolute Gasteiger partial charge is 0.0838 e. The maximum Gasteiger partial charge on any atom is 0.0838 e. The minimum Gasteiger partial charge on any atom is -0.374 e. The molecule has 0 aliphatic heterocycles. The number of rotatable bonds is 6. The standard InChI is InChI=1S/C17H29NOS/c1-5-19-17(10-8-16(2,3)9-11-17)15(18-4)13-14-7-6-12-20-14/h6-7,12,15,18H,5,8-11,13H2,1-4H3. The first-order chi connectivity index (χ1) is 9.51. The van der Waals surface area contributed by atoms with Gasteiger partial charge in [0.1, 0.15) is 0 Å². The lowest BCUT2D eigenvalue weighted by molar-refractivity contribution is -0.105. The van der Waals surface area contributed by atoms with Gasteiger partial charge in [-0.05, 0) is 62.9 Å². The molecule has 1 aromatic heterocycles. The van der Waals surface area contributed by atoms with Crippen molar-refractivity contribution in [2.75, 3.05) is 13.7 Å². The van der Waals surface area contributed by atoms with E-state index in [0.717, 1.165) is 13.0 Å². The van der Waals surface area contributed by atoms with Gasteiger partial charge >= 0.3 is 0 Å². The summed E-state index contributed by atoms with van der Waals surface area (Å²) in [4.78, 5) is 1.45. The third kappa shape index (κ3) is 3.63. The van der Waals surface area contributed by atoms with E-state index in [2.05, 4.69) is 50.6 Å². The predicted molar refractivity (Wildman–Crippen MR) is 87.5 cm³/mol. The lowest BCUT2D eigenvalue weighted by atomic mass is 9.68. The summed E-state index contributed by atoms with van der Waals surface area (Å²) in [5, 5.41) is 5.71. The molecule has 1 aliphatic carbocycles. The minimum absolute atomic E-state index is 0.0169. The molecule has 1 unspecified atom stereocenters. The molecule has 1 aliphatic rings. The Morgan fingerprint density at radius 3 is 2.50 bits per heavy atom. The molecule has 0 bridgehead atoms. The lowest BCUT2D eigenvalue weighted by Crippen LogP contribution is -2.55. The van der Waals surface area contributed by atoms with E-state index in [1.54, 1.807) is 0 Å². The predicted octanol–water partition coefficient (Wildman–Crippen LogP) is 4.25. The van der Waals surface area contributed by atoms with Crippen molar-refractivity contribution < 1.29 is 4.74 Å². The van der Waals surface area contributed by atoms with E-state index >= 15 is 0 Å². The second-order valence-corrected chi connectivity index (χ2v) is 7.82. The number of ether oxygens (including phenoxy) is 1. The Labute approximate surface area is 127 Å². The van der Waals surface area contributed by atoms with Gasteiger partial charge in [0.05, 0.1) is 5.60 Å². The van der Waals surface area contributed by atoms with Crippen molar-refractivity contribution in [3.8, 4) is 0 Å². The van der Waals surface area contributed by atoms with E-state index in [1.807, 2.05) is 11.3 Å². The summed E-state index contributed by atoms with van der Waals surface area (Å²) >= 11 is 1.85. The van der Waals surface area contributed by atoms with E-state index in [-0.39, 0.29) is 5.60 Å². The summed E-state index contributed by atoms with van der Waals surface area (Å²) in [7, 11) is 2.08. The first kappa shape index (κ1) is 16.0. The highest BCUT2D eigenvalue weighted by atomic mass is 32.1. The molecule has 3 heteroatoms. The highest BCUT2D eigenvalue weighted by Crippen LogP contribution is 2.44. The van der Waals surface area contributed by atoms with Crippen molar-refractivity contribution in [3.63, 3.8) is 0 Å². The van der Waals surface area contributed by atoms with E-state index < -0.39 is 0 Å². The van der Waals surface area contributed by atoms with E-state index in [1.165, 1.54) is 30.6 Å². The van der Waals surface area contributed by atoms with Crippen LogP contribution < -0.4 is 5.32 Å². The molecule has 1 atom stereocenters. The van der Waals surface area contributed by atoms with Crippen molar-refractivity contribution >= 4 is 11.3 Å². The molecular formula is C17H29NOS. The molecule has 0 spiro atoms. The molecule has 0 aromatic carbocycles. The molecule has 0 saturated heterocycles. The van der Waals surface area contributed by atoms with E-state index in [4.69, 9.17) is 4.74 Å². The number of hydrogen-bond donors (Lipinski definition) is 1. The highest BCUT2D eigenvalue weighted by Gasteiger charge is 2.44.